The van der Waals surface area contributed by atoms with E-state index in [-0.39, 0.29) is 17.9 Å². The fourth-order valence-electron chi connectivity index (χ4n) is 2.30. The molecule has 0 aromatic heterocycles. The van der Waals surface area contributed by atoms with Crippen LogP contribution in [0.4, 0.5) is 18.9 Å². The molecule has 0 aliphatic rings. The largest absolute Gasteiger partial charge is 0.506 e. The summed E-state index contributed by atoms with van der Waals surface area (Å²) < 4.78 is 38.1. The zero-order valence-electron chi connectivity index (χ0n) is 14.1. The number of alkyl halides is 3. The van der Waals surface area contributed by atoms with Crippen LogP contribution in [-0.2, 0) is 11.0 Å². The number of unbranched alkanes of at least 4 members (excludes halogenated alkanes) is 2. The number of hydrogen-bond acceptors (Lipinski definition) is 3. The minimum absolute atomic E-state index is 0.200. The molecule has 0 bridgehead atoms. The SMILES string of the molecule is O=C(CCCCCSc1ccccc1)Nc1cc(C(F)(F)F)ccc1O. The number of carbonyl (C=O) groups is 1. The Morgan fingerprint density at radius 3 is 2.46 bits per heavy atom. The molecule has 0 atom stereocenters. The van der Waals surface area contributed by atoms with Crippen LogP contribution in [0.3, 0.4) is 0 Å². The number of hydrogen-bond donors (Lipinski definition) is 2. The second-order valence-corrected chi connectivity index (χ2v) is 6.92. The van der Waals surface area contributed by atoms with Crippen LogP contribution in [0.2, 0.25) is 0 Å². The number of halogens is 3. The third kappa shape index (κ3) is 6.63. The Kier molecular flexibility index (Phi) is 7.38. The number of carbonyl (C=O) groups excluding carboxylic acids is 1. The van der Waals surface area contributed by atoms with Gasteiger partial charge in [0.15, 0.2) is 0 Å². The Morgan fingerprint density at radius 2 is 1.77 bits per heavy atom. The maximum Gasteiger partial charge on any atom is 0.416 e. The number of anilines is 1. The molecule has 7 heteroatoms. The molecular weight excluding hydrogens is 363 g/mol. The van der Waals surface area contributed by atoms with Gasteiger partial charge < -0.3 is 10.4 Å². The van der Waals surface area contributed by atoms with Gasteiger partial charge in [0, 0.05) is 11.3 Å². The molecule has 0 aliphatic heterocycles. The van der Waals surface area contributed by atoms with Gasteiger partial charge in [-0.3, -0.25) is 4.79 Å². The summed E-state index contributed by atoms with van der Waals surface area (Å²) in [6.07, 6.45) is -1.89. The normalized spacial score (nSPS) is 11.3. The molecule has 2 N–H and O–H groups in total. The molecule has 0 saturated carbocycles. The van der Waals surface area contributed by atoms with Gasteiger partial charge in [-0.2, -0.15) is 13.2 Å². The van der Waals surface area contributed by atoms with Gasteiger partial charge in [-0.25, -0.2) is 0 Å². The maximum atomic E-state index is 12.7. The Morgan fingerprint density at radius 1 is 1.04 bits per heavy atom. The van der Waals surface area contributed by atoms with E-state index in [1.807, 2.05) is 30.3 Å². The zero-order chi connectivity index (χ0) is 19.0. The van der Waals surface area contributed by atoms with Gasteiger partial charge >= 0.3 is 6.18 Å². The summed E-state index contributed by atoms with van der Waals surface area (Å²) >= 11 is 1.75. The molecule has 3 nitrogen and oxygen atoms in total. The highest BCUT2D eigenvalue weighted by atomic mass is 32.2. The Hall–Kier alpha value is -2.15. The predicted octanol–water partition coefficient (Wildman–Crippen LogP) is 5.70. The molecule has 0 spiro atoms. The average molecular weight is 383 g/mol. The number of rotatable bonds is 8. The predicted molar refractivity (Wildman–Crippen MR) is 97.4 cm³/mol. The topological polar surface area (TPSA) is 49.3 Å². The van der Waals surface area contributed by atoms with Crippen LogP contribution in [0.1, 0.15) is 31.2 Å². The van der Waals surface area contributed by atoms with Crippen LogP contribution in [-0.4, -0.2) is 16.8 Å². The van der Waals surface area contributed by atoms with Crippen LogP contribution in [0.5, 0.6) is 5.75 Å². The summed E-state index contributed by atoms with van der Waals surface area (Å²) in [6, 6.07) is 12.5. The molecule has 2 aromatic carbocycles. The van der Waals surface area contributed by atoms with E-state index in [9.17, 15) is 23.1 Å². The molecule has 0 unspecified atom stereocenters. The highest BCUT2D eigenvalue weighted by Gasteiger charge is 2.31. The quantitative estimate of drug-likeness (QED) is 0.349. The zero-order valence-corrected chi connectivity index (χ0v) is 14.9. The summed E-state index contributed by atoms with van der Waals surface area (Å²) in [6.45, 7) is 0. The lowest BCUT2D eigenvalue weighted by molar-refractivity contribution is -0.137. The third-order valence-corrected chi connectivity index (χ3v) is 4.76. The Labute approximate surface area is 154 Å². The molecule has 140 valence electrons. The summed E-state index contributed by atoms with van der Waals surface area (Å²) in [5, 5.41) is 12.0. The Bertz CT molecular complexity index is 720. The number of benzene rings is 2. The lowest BCUT2D eigenvalue weighted by Gasteiger charge is -2.11. The minimum atomic E-state index is -4.52. The molecule has 0 aliphatic carbocycles. The molecular formula is C19H20F3NO2S. The number of aromatic hydroxyl groups is 1. The monoisotopic (exact) mass is 383 g/mol. The van der Waals surface area contributed by atoms with Crippen molar-refractivity contribution in [1.29, 1.82) is 0 Å². The first-order valence-corrected chi connectivity index (χ1v) is 9.23. The van der Waals surface area contributed by atoms with Crippen molar-refractivity contribution in [2.24, 2.45) is 0 Å². The van der Waals surface area contributed by atoms with Gasteiger partial charge in [-0.1, -0.05) is 24.6 Å². The van der Waals surface area contributed by atoms with Crippen LogP contribution in [0, 0.1) is 0 Å². The van der Waals surface area contributed by atoms with Gasteiger partial charge in [0.1, 0.15) is 5.75 Å². The summed E-state index contributed by atoms with van der Waals surface area (Å²) in [5.41, 5.74) is -1.13. The van der Waals surface area contributed by atoms with E-state index in [4.69, 9.17) is 0 Å². The van der Waals surface area contributed by atoms with Crippen molar-refractivity contribution in [2.45, 2.75) is 36.8 Å². The third-order valence-electron chi connectivity index (χ3n) is 3.66. The first-order valence-electron chi connectivity index (χ1n) is 8.24. The van der Waals surface area contributed by atoms with Crippen molar-refractivity contribution in [1.82, 2.24) is 0 Å². The number of amides is 1. The average Bonchev–Trinajstić information content (AvgIpc) is 2.60. The van der Waals surface area contributed by atoms with Crippen LogP contribution in [0.25, 0.3) is 0 Å². The van der Waals surface area contributed by atoms with E-state index in [2.05, 4.69) is 5.32 Å². The molecule has 2 aromatic rings. The second-order valence-electron chi connectivity index (χ2n) is 5.75. The first kappa shape index (κ1) is 20.2. The van der Waals surface area contributed by atoms with Crippen molar-refractivity contribution < 1.29 is 23.1 Å². The molecule has 26 heavy (non-hydrogen) atoms. The lowest BCUT2D eigenvalue weighted by Crippen LogP contribution is -2.13. The van der Waals surface area contributed by atoms with Gasteiger partial charge in [-0.15, -0.1) is 11.8 Å². The van der Waals surface area contributed by atoms with Crippen molar-refractivity contribution in [2.75, 3.05) is 11.1 Å². The van der Waals surface area contributed by atoms with E-state index in [0.29, 0.717) is 6.42 Å². The highest BCUT2D eigenvalue weighted by molar-refractivity contribution is 7.99. The van der Waals surface area contributed by atoms with Crippen LogP contribution >= 0.6 is 11.8 Å². The molecule has 0 radical (unpaired) electrons. The fraction of sp³-hybridized carbons (Fsp3) is 0.316. The standard InChI is InChI=1S/C19H20F3NO2S/c20-19(21,22)14-10-11-17(24)16(13-14)23-18(25)9-5-2-6-12-26-15-7-3-1-4-8-15/h1,3-4,7-8,10-11,13,24H,2,5-6,9,12H2,(H,23,25). The summed E-state index contributed by atoms with van der Waals surface area (Å²) in [4.78, 5) is 13.1. The minimum Gasteiger partial charge on any atom is -0.506 e. The van der Waals surface area contributed by atoms with E-state index < -0.39 is 17.6 Å². The van der Waals surface area contributed by atoms with E-state index in [0.717, 1.165) is 36.8 Å². The number of phenolic OH excluding ortho intramolecular Hbond substituents is 1. The van der Waals surface area contributed by atoms with E-state index in [1.165, 1.54) is 4.90 Å². The molecule has 0 heterocycles. The van der Waals surface area contributed by atoms with Crippen molar-refractivity contribution in [3.05, 3.63) is 54.1 Å². The number of phenols is 1. The van der Waals surface area contributed by atoms with Gasteiger partial charge in [0.2, 0.25) is 5.91 Å². The molecule has 0 saturated heterocycles. The first-order chi connectivity index (χ1) is 12.4. The van der Waals surface area contributed by atoms with Gasteiger partial charge in [0.05, 0.1) is 11.3 Å². The smallest absolute Gasteiger partial charge is 0.416 e. The molecule has 0 fully saturated rings. The maximum absolute atomic E-state index is 12.7. The van der Waals surface area contributed by atoms with Crippen LogP contribution in [0.15, 0.2) is 53.4 Å². The van der Waals surface area contributed by atoms with E-state index in [1.54, 1.807) is 11.8 Å². The van der Waals surface area contributed by atoms with Gasteiger partial charge in [0.25, 0.3) is 0 Å². The van der Waals surface area contributed by atoms with Crippen molar-refractivity contribution in [3.8, 4) is 5.75 Å². The fourth-order valence-corrected chi connectivity index (χ4v) is 3.23. The second kappa shape index (κ2) is 9.52. The Balaban J connectivity index is 1.70. The molecule has 1 amide bonds. The summed E-state index contributed by atoms with van der Waals surface area (Å²) in [5.74, 6) is 0.154. The van der Waals surface area contributed by atoms with Crippen LogP contribution < -0.4 is 5.32 Å². The lowest BCUT2D eigenvalue weighted by atomic mass is 10.1. The number of thioether (sulfide) groups is 1. The van der Waals surface area contributed by atoms with E-state index >= 15 is 0 Å². The van der Waals surface area contributed by atoms with Crippen molar-refractivity contribution >= 4 is 23.4 Å². The van der Waals surface area contributed by atoms with Crippen molar-refractivity contribution in [3.63, 3.8) is 0 Å². The highest BCUT2D eigenvalue weighted by Crippen LogP contribution is 2.34. The summed E-state index contributed by atoms with van der Waals surface area (Å²) in [7, 11) is 0. The van der Waals surface area contributed by atoms with Gasteiger partial charge in [-0.05, 0) is 48.9 Å². The molecule has 2 rings (SSSR count). The number of nitrogens with one attached hydrogen (secondary N) is 1.